The lowest BCUT2D eigenvalue weighted by Gasteiger charge is -2.39. The number of hydrogen-bond donors (Lipinski definition) is 0. The Kier molecular flexibility index (Phi) is 4.63. The van der Waals surface area contributed by atoms with E-state index in [0.717, 1.165) is 24.5 Å². The molecule has 0 aliphatic carbocycles. The van der Waals surface area contributed by atoms with Crippen molar-refractivity contribution in [2.45, 2.75) is 19.5 Å². The number of anilines is 1. The summed E-state index contributed by atoms with van der Waals surface area (Å²) in [4.78, 5) is 16.9. The van der Waals surface area contributed by atoms with Crippen molar-refractivity contribution in [3.05, 3.63) is 60.2 Å². The molecule has 1 amide bonds. The molecule has 0 radical (unpaired) electrons. The van der Waals surface area contributed by atoms with E-state index >= 15 is 0 Å². The summed E-state index contributed by atoms with van der Waals surface area (Å²) in [5.41, 5.74) is 2.09. The number of nitrogens with zero attached hydrogens (tertiary/aromatic N) is 2. The third kappa shape index (κ3) is 3.22. The third-order valence-electron chi connectivity index (χ3n) is 4.39. The number of para-hydroxylation sites is 2. The third-order valence-corrected chi connectivity index (χ3v) is 4.39. The molecule has 4 nitrogen and oxygen atoms in total. The summed E-state index contributed by atoms with van der Waals surface area (Å²) in [5, 5.41) is 0. The lowest BCUT2D eigenvalue weighted by molar-refractivity contribution is -0.125. The maximum Gasteiger partial charge on any atom is 0.244 e. The van der Waals surface area contributed by atoms with Crippen LogP contribution < -0.4 is 9.64 Å². The van der Waals surface area contributed by atoms with E-state index in [-0.39, 0.29) is 11.9 Å². The molecule has 0 aromatic heterocycles. The van der Waals surface area contributed by atoms with Crippen LogP contribution in [0.25, 0.3) is 0 Å². The van der Waals surface area contributed by atoms with Gasteiger partial charge in [-0.05, 0) is 24.6 Å². The van der Waals surface area contributed by atoms with Crippen molar-refractivity contribution < 1.29 is 9.53 Å². The first-order valence-corrected chi connectivity index (χ1v) is 7.93. The second-order valence-corrected chi connectivity index (χ2v) is 5.79. The van der Waals surface area contributed by atoms with E-state index in [4.69, 9.17) is 4.74 Å². The summed E-state index contributed by atoms with van der Waals surface area (Å²) < 4.78 is 5.40. The number of carbonyl (C=O) groups is 1. The Labute approximate surface area is 137 Å². The molecule has 2 aromatic rings. The minimum absolute atomic E-state index is 0.122. The van der Waals surface area contributed by atoms with Crippen LogP contribution in [0.1, 0.15) is 12.5 Å². The summed E-state index contributed by atoms with van der Waals surface area (Å²) in [5.74, 6) is 0.862. The van der Waals surface area contributed by atoms with E-state index in [1.807, 2.05) is 54.3 Å². The number of methoxy groups -OCH3 is 1. The predicted octanol–water partition coefficient (Wildman–Crippen LogP) is 2.93. The van der Waals surface area contributed by atoms with Crippen LogP contribution in [-0.4, -0.2) is 37.0 Å². The summed E-state index contributed by atoms with van der Waals surface area (Å²) in [7, 11) is 1.64. The Morgan fingerprint density at radius 1 is 1.04 bits per heavy atom. The fourth-order valence-corrected chi connectivity index (χ4v) is 3.04. The lowest BCUT2D eigenvalue weighted by atomic mass is 10.1. The summed E-state index contributed by atoms with van der Waals surface area (Å²) >= 11 is 0. The quantitative estimate of drug-likeness (QED) is 0.870. The first kappa shape index (κ1) is 15.6. The average Bonchev–Trinajstić information content (AvgIpc) is 2.60. The highest BCUT2D eigenvalue weighted by Gasteiger charge is 2.33. The van der Waals surface area contributed by atoms with E-state index in [9.17, 15) is 4.79 Å². The molecule has 0 N–H and O–H groups in total. The topological polar surface area (TPSA) is 32.8 Å². The molecule has 0 saturated carbocycles. The van der Waals surface area contributed by atoms with E-state index < -0.39 is 0 Å². The first-order chi connectivity index (χ1) is 11.2. The molecular formula is C19H22N2O2. The van der Waals surface area contributed by atoms with Crippen LogP contribution in [0.4, 0.5) is 5.69 Å². The van der Waals surface area contributed by atoms with Crippen molar-refractivity contribution in [1.29, 1.82) is 0 Å². The van der Waals surface area contributed by atoms with Crippen LogP contribution >= 0.6 is 0 Å². The van der Waals surface area contributed by atoms with Crippen molar-refractivity contribution in [3.63, 3.8) is 0 Å². The van der Waals surface area contributed by atoms with Gasteiger partial charge in [0.05, 0.1) is 18.8 Å². The molecule has 1 heterocycles. The van der Waals surface area contributed by atoms with Gasteiger partial charge in [0.15, 0.2) is 0 Å². The number of amides is 1. The molecule has 1 atom stereocenters. The smallest absolute Gasteiger partial charge is 0.244 e. The lowest BCUT2D eigenvalue weighted by Crippen LogP contribution is -2.55. The fraction of sp³-hybridized carbons (Fsp3) is 0.316. The summed E-state index contributed by atoms with van der Waals surface area (Å²) in [6.45, 7) is 4.30. The largest absolute Gasteiger partial charge is 0.495 e. The number of rotatable bonds is 4. The maximum absolute atomic E-state index is 12.8. The van der Waals surface area contributed by atoms with Crippen LogP contribution in [0.5, 0.6) is 5.75 Å². The maximum atomic E-state index is 12.8. The van der Waals surface area contributed by atoms with Gasteiger partial charge in [0.1, 0.15) is 5.75 Å². The molecule has 1 aliphatic heterocycles. The molecule has 3 rings (SSSR count). The molecule has 0 bridgehead atoms. The standard InChI is InChI=1S/C19H22N2O2/c1-15-19(22)21(17-10-6-7-11-18(17)23-2)13-12-20(15)14-16-8-4-3-5-9-16/h3-11,15H,12-14H2,1-2H3/t15-/m0/s1. The molecule has 1 saturated heterocycles. The van der Waals surface area contributed by atoms with Crippen molar-refractivity contribution in [2.75, 3.05) is 25.1 Å². The minimum Gasteiger partial charge on any atom is -0.495 e. The van der Waals surface area contributed by atoms with Gasteiger partial charge >= 0.3 is 0 Å². The van der Waals surface area contributed by atoms with Gasteiger partial charge in [0, 0.05) is 19.6 Å². The molecular weight excluding hydrogens is 288 g/mol. The predicted molar refractivity (Wildman–Crippen MR) is 91.7 cm³/mol. The van der Waals surface area contributed by atoms with Crippen molar-refractivity contribution >= 4 is 11.6 Å². The number of ether oxygens (including phenoxy) is 1. The Balaban J connectivity index is 1.76. The van der Waals surface area contributed by atoms with Crippen molar-refractivity contribution in [1.82, 2.24) is 4.90 Å². The van der Waals surface area contributed by atoms with E-state index in [1.54, 1.807) is 7.11 Å². The molecule has 1 aliphatic rings. The molecule has 1 fully saturated rings. The molecule has 2 aromatic carbocycles. The van der Waals surface area contributed by atoms with Crippen molar-refractivity contribution in [3.8, 4) is 5.75 Å². The van der Waals surface area contributed by atoms with Crippen LogP contribution in [0, 0.1) is 0 Å². The number of piperazine rings is 1. The summed E-state index contributed by atoms with van der Waals surface area (Å²) in [6, 6.07) is 17.8. The molecule has 4 heteroatoms. The van der Waals surface area contributed by atoms with Gasteiger partial charge in [0.25, 0.3) is 0 Å². The fourth-order valence-electron chi connectivity index (χ4n) is 3.04. The zero-order valence-electron chi connectivity index (χ0n) is 13.6. The normalized spacial score (nSPS) is 19.0. The van der Waals surface area contributed by atoms with Crippen LogP contribution in [0.2, 0.25) is 0 Å². The molecule has 120 valence electrons. The minimum atomic E-state index is -0.145. The first-order valence-electron chi connectivity index (χ1n) is 7.93. The highest BCUT2D eigenvalue weighted by Crippen LogP contribution is 2.30. The number of benzene rings is 2. The Morgan fingerprint density at radius 2 is 1.74 bits per heavy atom. The van der Waals surface area contributed by atoms with Crippen LogP contribution in [-0.2, 0) is 11.3 Å². The monoisotopic (exact) mass is 310 g/mol. The van der Waals surface area contributed by atoms with E-state index in [1.165, 1.54) is 5.56 Å². The van der Waals surface area contributed by atoms with Crippen molar-refractivity contribution in [2.24, 2.45) is 0 Å². The molecule has 0 spiro atoms. The van der Waals surface area contributed by atoms with Gasteiger partial charge in [-0.1, -0.05) is 42.5 Å². The van der Waals surface area contributed by atoms with Crippen LogP contribution in [0.15, 0.2) is 54.6 Å². The van der Waals surface area contributed by atoms with Gasteiger partial charge in [-0.15, -0.1) is 0 Å². The molecule has 23 heavy (non-hydrogen) atoms. The zero-order valence-corrected chi connectivity index (χ0v) is 13.6. The SMILES string of the molecule is COc1ccccc1N1CCN(Cc2ccccc2)[C@@H](C)C1=O. The summed E-state index contributed by atoms with van der Waals surface area (Å²) in [6.07, 6.45) is 0. The number of hydrogen-bond acceptors (Lipinski definition) is 3. The Bertz CT molecular complexity index is 672. The highest BCUT2D eigenvalue weighted by molar-refractivity contribution is 5.98. The Morgan fingerprint density at radius 3 is 2.48 bits per heavy atom. The highest BCUT2D eigenvalue weighted by atomic mass is 16.5. The van der Waals surface area contributed by atoms with E-state index in [2.05, 4.69) is 17.0 Å². The van der Waals surface area contributed by atoms with Gasteiger partial charge in [-0.3, -0.25) is 9.69 Å². The van der Waals surface area contributed by atoms with E-state index in [0.29, 0.717) is 6.54 Å². The van der Waals surface area contributed by atoms with Gasteiger partial charge < -0.3 is 9.64 Å². The van der Waals surface area contributed by atoms with Gasteiger partial charge in [-0.2, -0.15) is 0 Å². The average molecular weight is 310 g/mol. The Hall–Kier alpha value is -2.33. The second kappa shape index (κ2) is 6.84. The van der Waals surface area contributed by atoms with Gasteiger partial charge in [0.2, 0.25) is 5.91 Å². The van der Waals surface area contributed by atoms with Gasteiger partial charge in [-0.25, -0.2) is 0 Å². The molecule has 0 unspecified atom stereocenters. The second-order valence-electron chi connectivity index (χ2n) is 5.79. The zero-order chi connectivity index (χ0) is 16.2. The number of carbonyl (C=O) groups excluding carboxylic acids is 1. The van der Waals surface area contributed by atoms with Crippen LogP contribution in [0.3, 0.4) is 0 Å².